The van der Waals surface area contributed by atoms with E-state index in [-0.39, 0.29) is 5.97 Å². The Morgan fingerprint density at radius 1 is 1.15 bits per heavy atom. The fourth-order valence-electron chi connectivity index (χ4n) is 2.23. The topological polar surface area (TPSA) is 35.5 Å². The van der Waals surface area contributed by atoms with Gasteiger partial charge in [0.2, 0.25) is 0 Å². The third-order valence-corrected chi connectivity index (χ3v) is 3.12. The van der Waals surface area contributed by atoms with E-state index >= 15 is 0 Å². The average molecular weight is 270 g/mol. The number of carbonyl (C=O) groups is 1. The summed E-state index contributed by atoms with van der Waals surface area (Å²) in [7, 11) is 1.66. The van der Waals surface area contributed by atoms with E-state index in [9.17, 15) is 4.79 Å². The number of carbonyl (C=O) groups excluding carboxylic acids is 1. The van der Waals surface area contributed by atoms with E-state index in [0.29, 0.717) is 12.2 Å². The van der Waals surface area contributed by atoms with Crippen molar-refractivity contribution in [3.63, 3.8) is 0 Å². The Balaban J connectivity index is 2.39. The molecule has 0 aliphatic heterocycles. The second kappa shape index (κ2) is 6.24. The van der Waals surface area contributed by atoms with Crippen LogP contribution in [0.1, 0.15) is 19.4 Å². The van der Waals surface area contributed by atoms with Crippen molar-refractivity contribution < 1.29 is 14.3 Å². The van der Waals surface area contributed by atoms with E-state index in [1.807, 2.05) is 30.3 Å². The highest BCUT2D eigenvalue weighted by atomic mass is 16.5. The van der Waals surface area contributed by atoms with Gasteiger partial charge in [-0.25, -0.2) is 0 Å². The summed E-state index contributed by atoms with van der Waals surface area (Å²) < 4.78 is 10.5. The van der Waals surface area contributed by atoms with Gasteiger partial charge in [0.15, 0.2) is 0 Å². The number of benzene rings is 2. The fourth-order valence-corrected chi connectivity index (χ4v) is 2.23. The summed E-state index contributed by atoms with van der Waals surface area (Å²) in [6.45, 7) is 3.18. The number of methoxy groups -OCH3 is 1. The van der Waals surface area contributed by atoms with Crippen LogP contribution in [0.4, 0.5) is 0 Å². The Kier molecular flexibility index (Phi) is 4.41. The lowest BCUT2D eigenvalue weighted by molar-refractivity contribution is -0.136. The second-order valence-electron chi connectivity index (χ2n) is 4.58. The van der Waals surface area contributed by atoms with Gasteiger partial charge in [0.25, 0.3) is 0 Å². The minimum absolute atomic E-state index is 0.302. The van der Waals surface area contributed by atoms with Crippen molar-refractivity contribution in [2.75, 3.05) is 7.11 Å². The van der Waals surface area contributed by atoms with Crippen LogP contribution in [0.5, 0.6) is 5.75 Å². The summed E-state index contributed by atoms with van der Waals surface area (Å²) in [6, 6.07) is 12.2. The molecule has 2 aromatic rings. The Morgan fingerprint density at radius 3 is 2.60 bits per heavy atom. The number of hydrogen-bond donors (Lipinski definition) is 0. The number of ether oxygens (including phenoxy) is 2. The summed E-state index contributed by atoms with van der Waals surface area (Å²) in [5, 5.41) is 2.32. The molecule has 2 aromatic carbocycles. The molecule has 104 valence electrons. The molecule has 0 unspecified atom stereocenters. The molecule has 20 heavy (non-hydrogen) atoms. The molecular weight excluding hydrogens is 252 g/mol. The predicted molar refractivity (Wildman–Crippen MR) is 79.7 cm³/mol. The second-order valence-corrected chi connectivity index (χ2v) is 4.58. The monoisotopic (exact) mass is 270 g/mol. The van der Waals surface area contributed by atoms with Gasteiger partial charge in [0, 0.05) is 12.5 Å². The van der Waals surface area contributed by atoms with Gasteiger partial charge < -0.3 is 9.47 Å². The summed E-state index contributed by atoms with van der Waals surface area (Å²) in [5.74, 6) is 1.15. The first-order valence-corrected chi connectivity index (χ1v) is 6.51. The van der Waals surface area contributed by atoms with Gasteiger partial charge in [-0.15, -0.1) is 0 Å². The van der Waals surface area contributed by atoms with Crippen LogP contribution < -0.4 is 4.74 Å². The van der Waals surface area contributed by atoms with E-state index in [2.05, 4.69) is 12.1 Å². The highest BCUT2D eigenvalue weighted by Gasteiger charge is 2.07. The Morgan fingerprint density at radius 2 is 1.90 bits per heavy atom. The lowest BCUT2D eigenvalue weighted by Gasteiger charge is -2.11. The number of fused-ring (bicyclic) bond motifs is 1. The molecule has 3 nitrogen and oxygen atoms in total. The number of rotatable bonds is 4. The zero-order valence-corrected chi connectivity index (χ0v) is 12.0. The van der Waals surface area contributed by atoms with Gasteiger partial charge in [-0.3, -0.25) is 4.79 Å². The molecule has 0 bridgehead atoms. The summed E-state index contributed by atoms with van der Waals surface area (Å²) in [5.41, 5.74) is 1.09. The van der Waals surface area contributed by atoms with Crippen molar-refractivity contribution in [1.29, 1.82) is 0 Å². The summed E-state index contributed by atoms with van der Waals surface area (Å²) in [4.78, 5) is 10.9. The third kappa shape index (κ3) is 3.18. The van der Waals surface area contributed by atoms with Crippen LogP contribution in [0.2, 0.25) is 0 Å². The van der Waals surface area contributed by atoms with E-state index in [1.165, 1.54) is 12.3 Å². The molecule has 0 spiro atoms. The van der Waals surface area contributed by atoms with Crippen molar-refractivity contribution in [1.82, 2.24) is 0 Å². The molecule has 0 fully saturated rings. The molecule has 2 rings (SSSR count). The minimum Gasteiger partial charge on any atom is -0.496 e. The predicted octanol–water partition coefficient (Wildman–Crippen LogP) is 3.86. The average Bonchev–Trinajstić information content (AvgIpc) is 2.43. The lowest BCUT2D eigenvalue weighted by atomic mass is 10.0. The fraction of sp³-hybridized carbons (Fsp3) is 0.235. The van der Waals surface area contributed by atoms with Crippen molar-refractivity contribution in [2.24, 2.45) is 0 Å². The first-order valence-electron chi connectivity index (χ1n) is 6.51. The zero-order chi connectivity index (χ0) is 14.5. The van der Waals surface area contributed by atoms with Gasteiger partial charge >= 0.3 is 5.97 Å². The maximum absolute atomic E-state index is 10.9. The molecular formula is C17H18O3. The molecule has 0 aliphatic rings. The van der Waals surface area contributed by atoms with Crippen LogP contribution in [0, 0.1) is 0 Å². The Bertz CT molecular complexity index is 656. The number of esters is 1. The quantitative estimate of drug-likeness (QED) is 0.625. The Labute approximate surface area is 118 Å². The molecule has 0 N–H and O–H groups in total. The van der Waals surface area contributed by atoms with Gasteiger partial charge in [0.05, 0.1) is 7.11 Å². The first kappa shape index (κ1) is 14.1. The van der Waals surface area contributed by atoms with Gasteiger partial charge in [-0.2, -0.15) is 0 Å². The molecule has 0 atom stereocenters. The molecule has 0 saturated carbocycles. The molecule has 0 amide bonds. The maximum atomic E-state index is 10.9. The summed E-state index contributed by atoms with van der Waals surface area (Å²) >= 11 is 0. The number of allylic oxidation sites excluding steroid dienone is 2. The smallest absolute Gasteiger partial charge is 0.307 e. The minimum atomic E-state index is -0.302. The van der Waals surface area contributed by atoms with Gasteiger partial charge in [-0.05, 0) is 36.3 Å². The maximum Gasteiger partial charge on any atom is 0.307 e. The van der Waals surface area contributed by atoms with Gasteiger partial charge in [-0.1, -0.05) is 30.3 Å². The van der Waals surface area contributed by atoms with Crippen LogP contribution in [-0.4, -0.2) is 13.1 Å². The molecule has 0 heterocycles. The van der Waals surface area contributed by atoms with Crippen molar-refractivity contribution in [3.8, 4) is 5.75 Å². The van der Waals surface area contributed by atoms with Crippen LogP contribution >= 0.6 is 0 Å². The van der Waals surface area contributed by atoms with E-state index in [0.717, 1.165) is 16.7 Å². The molecule has 0 saturated heterocycles. The van der Waals surface area contributed by atoms with Crippen LogP contribution in [0.15, 0.2) is 48.2 Å². The van der Waals surface area contributed by atoms with Crippen LogP contribution in [-0.2, 0) is 16.0 Å². The van der Waals surface area contributed by atoms with E-state index in [1.54, 1.807) is 14.0 Å². The normalized spacial score (nSPS) is 11.4. The van der Waals surface area contributed by atoms with E-state index in [4.69, 9.17) is 9.47 Å². The summed E-state index contributed by atoms with van der Waals surface area (Å²) in [6.07, 6.45) is 2.55. The van der Waals surface area contributed by atoms with Crippen LogP contribution in [0.3, 0.4) is 0 Å². The third-order valence-electron chi connectivity index (χ3n) is 3.12. The largest absolute Gasteiger partial charge is 0.496 e. The lowest BCUT2D eigenvalue weighted by Crippen LogP contribution is -1.97. The number of hydrogen-bond acceptors (Lipinski definition) is 3. The molecule has 0 aliphatic carbocycles. The van der Waals surface area contributed by atoms with Gasteiger partial charge in [0.1, 0.15) is 11.5 Å². The van der Waals surface area contributed by atoms with Crippen molar-refractivity contribution in [2.45, 2.75) is 20.3 Å². The van der Waals surface area contributed by atoms with E-state index < -0.39 is 0 Å². The SMILES string of the molecule is COc1ccc2ccccc2c1C/C=C(\C)OC(C)=O. The molecule has 0 aromatic heterocycles. The first-order chi connectivity index (χ1) is 9.61. The van der Waals surface area contributed by atoms with Crippen LogP contribution in [0.25, 0.3) is 10.8 Å². The molecule has 0 radical (unpaired) electrons. The highest BCUT2D eigenvalue weighted by molar-refractivity contribution is 5.88. The van der Waals surface area contributed by atoms with Crippen molar-refractivity contribution in [3.05, 3.63) is 53.8 Å². The van der Waals surface area contributed by atoms with Crippen molar-refractivity contribution >= 4 is 16.7 Å². The zero-order valence-electron chi connectivity index (χ0n) is 12.0. The molecule has 3 heteroatoms. The standard InChI is InChI=1S/C17H18O3/c1-12(20-13(2)18)8-10-16-15-7-5-4-6-14(15)9-11-17(16)19-3/h4-9,11H,10H2,1-3H3/b12-8+. The highest BCUT2D eigenvalue weighted by Crippen LogP contribution is 2.28. The Hall–Kier alpha value is -2.29.